The number of nitriles is 1. The lowest BCUT2D eigenvalue weighted by molar-refractivity contribution is 0.0925. The van der Waals surface area contributed by atoms with E-state index >= 15 is 0 Å². The zero-order chi connectivity index (χ0) is 23.3. The predicted molar refractivity (Wildman–Crippen MR) is 127 cm³/mol. The summed E-state index contributed by atoms with van der Waals surface area (Å²) in [5.41, 5.74) is 1.59. The number of amides is 1. The Morgan fingerprint density at radius 2 is 1.73 bits per heavy atom. The molecule has 7 nitrogen and oxygen atoms in total. The zero-order valence-electron chi connectivity index (χ0n) is 19.0. The SMILES string of the molecule is COc1ccccc1C(=O)NCC1(c2ccccc2)CCC(N(C(=N)NC#N)C2CC2)CC1. The maximum atomic E-state index is 13.0. The fourth-order valence-electron chi connectivity index (χ4n) is 5.10. The molecule has 7 heteroatoms. The van der Waals surface area contributed by atoms with Crippen molar-refractivity contribution in [3.8, 4) is 11.9 Å². The number of carbonyl (C=O) groups is 1. The molecule has 172 valence electrons. The van der Waals surface area contributed by atoms with Crippen molar-refractivity contribution in [3.05, 3.63) is 65.7 Å². The van der Waals surface area contributed by atoms with Crippen molar-refractivity contribution in [2.24, 2.45) is 0 Å². The number of nitrogens with one attached hydrogen (secondary N) is 3. The van der Waals surface area contributed by atoms with E-state index in [1.165, 1.54) is 5.56 Å². The minimum Gasteiger partial charge on any atom is -0.496 e. The number of carbonyl (C=O) groups excluding carboxylic acids is 1. The van der Waals surface area contributed by atoms with E-state index in [0.29, 0.717) is 23.9 Å². The van der Waals surface area contributed by atoms with Crippen LogP contribution in [0.3, 0.4) is 0 Å². The minimum atomic E-state index is -0.171. The molecule has 0 spiro atoms. The summed E-state index contributed by atoms with van der Waals surface area (Å²) >= 11 is 0. The molecule has 0 atom stereocenters. The van der Waals surface area contributed by atoms with Gasteiger partial charge in [-0.15, -0.1) is 0 Å². The summed E-state index contributed by atoms with van der Waals surface area (Å²) in [7, 11) is 1.57. The molecule has 0 saturated heterocycles. The van der Waals surface area contributed by atoms with Gasteiger partial charge in [-0.1, -0.05) is 42.5 Å². The standard InChI is InChI=1S/C26H31N5O2/c1-33-23-10-6-5-9-22(23)24(32)29-17-26(19-7-3-2-4-8-19)15-13-21(14-16-26)31(20-11-12-20)25(28)30-18-27/h2-10,20-21H,11-17H2,1H3,(H2,28,30)(H,29,32). The minimum absolute atomic E-state index is 0.135. The Morgan fingerprint density at radius 1 is 1.09 bits per heavy atom. The number of hydrogen-bond acceptors (Lipinski definition) is 4. The molecule has 0 aromatic heterocycles. The predicted octanol–water partition coefficient (Wildman–Crippen LogP) is 3.78. The number of guanidine groups is 1. The van der Waals surface area contributed by atoms with Crippen LogP contribution in [-0.2, 0) is 5.41 Å². The Bertz CT molecular complexity index is 1020. The zero-order valence-corrected chi connectivity index (χ0v) is 19.0. The first kappa shape index (κ1) is 22.7. The van der Waals surface area contributed by atoms with Crippen LogP contribution < -0.4 is 15.4 Å². The van der Waals surface area contributed by atoms with Crippen LogP contribution in [0, 0.1) is 16.9 Å². The van der Waals surface area contributed by atoms with Gasteiger partial charge in [-0.25, -0.2) is 0 Å². The quantitative estimate of drug-likeness (QED) is 0.261. The second-order valence-corrected chi connectivity index (χ2v) is 8.98. The van der Waals surface area contributed by atoms with Crippen molar-refractivity contribution in [1.82, 2.24) is 15.5 Å². The van der Waals surface area contributed by atoms with Crippen molar-refractivity contribution < 1.29 is 9.53 Å². The van der Waals surface area contributed by atoms with Gasteiger partial charge in [-0.2, -0.15) is 5.26 Å². The van der Waals surface area contributed by atoms with Crippen molar-refractivity contribution in [2.75, 3.05) is 13.7 Å². The van der Waals surface area contributed by atoms with Crippen molar-refractivity contribution in [1.29, 1.82) is 10.7 Å². The lowest BCUT2D eigenvalue weighted by Gasteiger charge is -2.44. The second kappa shape index (κ2) is 9.95. The molecule has 3 N–H and O–H groups in total. The van der Waals surface area contributed by atoms with E-state index in [1.54, 1.807) is 19.2 Å². The van der Waals surface area contributed by atoms with Gasteiger partial charge in [0.1, 0.15) is 5.75 Å². The van der Waals surface area contributed by atoms with E-state index in [9.17, 15) is 4.79 Å². The van der Waals surface area contributed by atoms with Gasteiger partial charge in [0.15, 0.2) is 6.19 Å². The van der Waals surface area contributed by atoms with Gasteiger partial charge in [0, 0.05) is 24.0 Å². The number of para-hydroxylation sites is 1. The first-order valence-electron chi connectivity index (χ1n) is 11.6. The molecule has 0 radical (unpaired) electrons. The molecule has 1 amide bonds. The molecule has 2 aromatic carbocycles. The third kappa shape index (κ3) is 4.95. The van der Waals surface area contributed by atoms with Crippen molar-refractivity contribution in [3.63, 3.8) is 0 Å². The van der Waals surface area contributed by atoms with Gasteiger partial charge in [0.2, 0.25) is 5.96 Å². The molecular weight excluding hydrogens is 414 g/mol. The van der Waals surface area contributed by atoms with Gasteiger partial charge in [0.25, 0.3) is 5.91 Å². The van der Waals surface area contributed by atoms with Gasteiger partial charge < -0.3 is 15.0 Å². The molecule has 4 rings (SSSR count). The van der Waals surface area contributed by atoms with E-state index in [-0.39, 0.29) is 23.3 Å². The molecule has 0 aliphatic heterocycles. The first-order valence-corrected chi connectivity index (χ1v) is 11.6. The molecule has 33 heavy (non-hydrogen) atoms. The van der Waals surface area contributed by atoms with Crippen molar-refractivity contribution in [2.45, 2.75) is 56.0 Å². The van der Waals surface area contributed by atoms with E-state index in [1.807, 2.05) is 36.5 Å². The summed E-state index contributed by atoms with van der Waals surface area (Å²) in [5.74, 6) is 0.641. The highest BCUT2D eigenvalue weighted by atomic mass is 16.5. The largest absolute Gasteiger partial charge is 0.496 e. The monoisotopic (exact) mass is 445 g/mol. The number of rotatable bonds is 7. The number of nitrogens with zero attached hydrogens (tertiary/aromatic N) is 2. The molecule has 0 heterocycles. The Hall–Kier alpha value is -3.53. The Balaban J connectivity index is 1.50. The Morgan fingerprint density at radius 3 is 2.36 bits per heavy atom. The summed E-state index contributed by atoms with van der Waals surface area (Å²) in [6.45, 7) is 0.540. The summed E-state index contributed by atoms with van der Waals surface area (Å²) in [5, 5.41) is 23.0. The molecule has 2 aliphatic carbocycles. The summed E-state index contributed by atoms with van der Waals surface area (Å²) in [6, 6.07) is 18.3. The highest BCUT2D eigenvalue weighted by Crippen LogP contribution is 2.42. The summed E-state index contributed by atoms with van der Waals surface area (Å²) in [6.07, 6.45) is 7.66. The molecule has 0 bridgehead atoms. The van der Waals surface area contributed by atoms with Gasteiger partial charge in [-0.3, -0.25) is 15.5 Å². The average molecular weight is 446 g/mol. The maximum Gasteiger partial charge on any atom is 0.255 e. The molecule has 0 unspecified atom stereocenters. The molecule has 2 aromatic rings. The number of methoxy groups -OCH3 is 1. The van der Waals surface area contributed by atoms with Crippen molar-refractivity contribution >= 4 is 11.9 Å². The third-order valence-electron chi connectivity index (χ3n) is 7.00. The van der Waals surface area contributed by atoms with Crippen LogP contribution in [0.2, 0.25) is 0 Å². The normalized spacial score (nSPS) is 22.0. The number of benzene rings is 2. The fourth-order valence-corrected chi connectivity index (χ4v) is 5.10. The number of ether oxygens (including phenoxy) is 1. The van der Waals surface area contributed by atoms with Crippen LogP contribution in [0.5, 0.6) is 5.75 Å². The number of hydrogen-bond donors (Lipinski definition) is 3. The molecular formula is C26H31N5O2. The topological polar surface area (TPSA) is 101 Å². The third-order valence-corrected chi connectivity index (χ3v) is 7.00. The van der Waals surface area contributed by atoms with Gasteiger partial charge in [0.05, 0.1) is 12.7 Å². The smallest absolute Gasteiger partial charge is 0.255 e. The van der Waals surface area contributed by atoms with Crippen LogP contribution >= 0.6 is 0 Å². The Kier molecular flexibility index (Phi) is 6.83. The van der Waals surface area contributed by atoms with E-state index in [2.05, 4.69) is 27.7 Å². The van der Waals surface area contributed by atoms with E-state index < -0.39 is 0 Å². The lowest BCUT2D eigenvalue weighted by Crippen LogP contribution is -2.51. The van der Waals surface area contributed by atoms with Crippen LogP contribution in [0.15, 0.2) is 54.6 Å². The van der Waals surface area contributed by atoms with E-state index in [4.69, 9.17) is 15.4 Å². The van der Waals surface area contributed by atoms with Crippen LogP contribution in [-0.4, -0.2) is 42.5 Å². The van der Waals surface area contributed by atoms with E-state index in [0.717, 1.165) is 38.5 Å². The fraction of sp³-hybridized carbons (Fsp3) is 0.423. The lowest BCUT2D eigenvalue weighted by atomic mass is 9.67. The molecule has 2 saturated carbocycles. The van der Waals surface area contributed by atoms with Gasteiger partial charge in [-0.05, 0) is 56.2 Å². The average Bonchev–Trinajstić information content (AvgIpc) is 3.69. The Labute approximate surface area is 195 Å². The van der Waals surface area contributed by atoms with Crippen LogP contribution in [0.25, 0.3) is 0 Å². The first-order chi connectivity index (χ1) is 16.1. The second-order valence-electron chi connectivity index (χ2n) is 8.98. The van der Waals surface area contributed by atoms with Crippen LogP contribution in [0.4, 0.5) is 0 Å². The maximum absolute atomic E-state index is 13.0. The van der Waals surface area contributed by atoms with Crippen LogP contribution in [0.1, 0.15) is 54.4 Å². The van der Waals surface area contributed by atoms with Gasteiger partial charge >= 0.3 is 0 Å². The molecule has 2 fully saturated rings. The molecule has 2 aliphatic rings. The highest BCUT2D eigenvalue weighted by molar-refractivity contribution is 5.97. The summed E-state index contributed by atoms with van der Waals surface area (Å²) < 4.78 is 5.36. The summed E-state index contributed by atoms with van der Waals surface area (Å²) in [4.78, 5) is 15.1. The highest BCUT2D eigenvalue weighted by Gasteiger charge is 2.42.